The molecular weight excluding hydrogens is 1020 g/mol. The van der Waals surface area contributed by atoms with Gasteiger partial charge in [-0.05, 0) is 132 Å². The highest BCUT2D eigenvalue weighted by Crippen LogP contribution is 2.59. The molecule has 5 nitrogen and oxygen atoms in total. The van der Waals surface area contributed by atoms with Crippen molar-refractivity contribution in [1.29, 1.82) is 0 Å². The fourth-order valence-electron chi connectivity index (χ4n) is 13.3. The number of anilines is 4. The third-order valence-electron chi connectivity index (χ3n) is 17.7. The van der Waals surface area contributed by atoms with Crippen molar-refractivity contribution in [2.24, 2.45) is 0 Å². The Bertz CT molecular complexity index is 4440. The molecule has 0 spiro atoms. The second-order valence-corrected chi connectivity index (χ2v) is 26.1. The standard InChI is InChI=1S/C79H70N4O/c1-76(2,3)54-35-37-55(38-36-54)79(68-31-18-16-27-64(68)67-47-56(77(4,5)6)39-42-69(67)79)58-45-59(49-61(46-58)84-60-40-41-66-65-28-17-19-32-70(65)83(73(66)50-60)74-48-57(43-44-80-74)78(7,8)9)81-51-82(72-34-21-20-33-71(72)81)75-62(52-23-12-10-13-24-52)29-22-30-63(75)53-25-14-11-15-26-53/h10-50H,51H2,1-9H3. The molecule has 0 saturated carbocycles. The van der Waals surface area contributed by atoms with Crippen molar-refractivity contribution < 1.29 is 4.74 Å². The molecule has 1 unspecified atom stereocenters. The van der Waals surface area contributed by atoms with Crippen molar-refractivity contribution in [3.8, 4) is 50.7 Å². The van der Waals surface area contributed by atoms with Crippen LogP contribution in [0.15, 0.2) is 249 Å². The monoisotopic (exact) mass is 1090 g/mol. The molecule has 2 aromatic heterocycles. The van der Waals surface area contributed by atoms with Crippen LogP contribution in [-0.4, -0.2) is 16.2 Å². The van der Waals surface area contributed by atoms with E-state index in [2.05, 4.69) is 319 Å². The minimum atomic E-state index is -0.744. The van der Waals surface area contributed by atoms with Crippen LogP contribution in [-0.2, 0) is 21.7 Å². The molecule has 1 aliphatic heterocycles. The first-order valence-electron chi connectivity index (χ1n) is 29.6. The van der Waals surface area contributed by atoms with Crippen LogP contribution in [0.3, 0.4) is 0 Å². The van der Waals surface area contributed by atoms with E-state index >= 15 is 0 Å². The number of pyridine rings is 1. The van der Waals surface area contributed by atoms with Crippen molar-refractivity contribution in [1.82, 2.24) is 9.55 Å². The predicted octanol–water partition coefficient (Wildman–Crippen LogP) is 20.8. The van der Waals surface area contributed by atoms with Gasteiger partial charge < -0.3 is 14.5 Å². The topological polar surface area (TPSA) is 33.5 Å². The quantitative estimate of drug-likeness (QED) is 0.144. The maximum Gasteiger partial charge on any atom is 0.137 e. The molecule has 84 heavy (non-hydrogen) atoms. The smallest absolute Gasteiger partial charge is 0.137 e. The van der Waals surface area contributed by atoms with Crippen LogP contribution in [0.25, 0.3) is 61.0 Å². The van der Waals surface area contributed by atoms with Crippen LogP contribution >= 0.6 is 0 Å². The van der Waals surface area contributed by atoms with Crippen LogP contribution in [0.4, 0.5) is 22.7 Å². The SMILES string of the molecule is CC(C)(C)c1ccc(C2(c3cc(Oc4ccc5c6ccccc6n(-c6cc(C(C)(C)C)ccn6)c5c4)cc(N4CN(c5c(-c6ccccc6)cccc5-c5ccccc5)c5ccccc54)c3)c3ccccc3-c3cc(C(C)(C)C)ccc32)cc1. The van der Waals surface area contributed by atoms with E-state index in [4.69, 9.17) is 9.72 Å². The number of para-hydroxylation sites is 4. The fourth-order valence-corrected chi connectivity index (χ4v) is 13.3. The number of rotatable bonds is 9. The van der Waals surface area contributed by atoms with Crippen molar-refractivity contribution in [2.45, 2.75) is 84.0 Å². The molecule has 1 aliphatic carbocycles. The summed E-state index contributed by atoms with van der Waals surface area (Å²) in [5.74, 6) is 2.36. The molecule has 0 N–H and O–H groups in total. The van der Waals surface area contributed by atoms with E-state index in [0.29, 0.717) is 6.67 Å². The Morgan fingerprint density at radius 3 is 1.65 bits per heavy atom. The van der Waals surface area contributed by atoms with Gasteiger partial charge in [0.1, 0.15) is 24.0 Å². The van der Waals surface area contributed by atoms with Crippen LogP contribution in [0, 0.1) is 0 Å². The summed E-state index contributed by atoms with van der Waals surface area (Å²) in [6.07, 6.45) is 1.94. The average Bonchev–Trinajstić information content (AvgIpc) is 2.38. The van der Waals surface area contributed by atoms with Gasteiger partial charge in [-0.2, -0.15) is 0 Å². The van der Waals surface area contributed by atoms with E-state index in [9.17, 15) is 0 Å². The first kappa shape index (κ1) is 52.6. The third kappa shape index (κ3) is 8.79. The Labute approximate surface area is 495 Å². The van der Waals surface area contributed by atoms with Crippen LogP contribution < -0.4 is 14.5 Å². The van der Waals surface area contributed by atoms with Gasteiger partial charge in [0.2, 0.25) is 0 Å². The van der Waals surface area contributed by atoms with E-state index in [0.717, 1.165) is 62.0 Å². The second kappa shape index (κ2) is 19.9. The molecule has 0 amide bonds. The van der Waals surface area contributed by atoms with E-state index in [-0.39, 0.29) is 16.2 Å². The second-order valence-electron chi connectivity index (χ2n) is 26.1. The summed E-state index contributed by atoms with van der Waals surface area (Å²) in [5, 5.41) is 2.31. The summed E-state index contributed by atoms with van der Waals surface area (Å²) in [4.78, 5) is 10.1. The average molecular weight is 1090 g/mol. The lowest BCUT2D eigenvalue weighted by atomic mass is 9.67. The zero-order chi connectivity index (χ0) is 57.7. The van der Waals surface area contributed by atoms with Gasteiger partial charge in [-0.1, -0.05) is 238 Å². The van der Waals surface area contributed by atoms with Gasteiger partial charge in [0.25, 0.3) is 0 Å². The van der Waals surface area contributed by atoms with Crippen LogP contribution in [0.5, 0.6) is 11.5 Å². The number of fused-ring (bicyclic) bond motifs is 7. The maximum absolute atomic E-state index is 7.52. The minimum Gasteiger partial charge on any atom is -0.457 e. The number of ether oxygens (including phenoxy) is 1. The molecule has 0 bridgehead atoms. The van der Waals surface area contributed by atoms with Gasteiger partial charge >= 0.3 is 0 Å². The molecule has 0 fully saturated rings. The molecule has 412 valence electrons. The normalized spacial score (nSPS) is 14.9. The maximum atomic E-state index is 7.52. The number of hydrogen-bond donors (Lipinski definition) is 0. The number of aromatic nitrogens is 2. The Kier molecular flexibility index (Phi) is 12.5. The molecule has 14 rings (SSSR count). The number of hydrogen-bond acceptors (Lipinski definition) is 4. The Hall–Kier alpha value is -9.45. The minimum absolute atomic E-state index is 0.0352. The Balaban J connectivity index is 1.02. The molecule has 2 aliphatic rings. The molecule has 12 aromatic rings. The van der Waals surface area contributed by atoms with Gasteiger partial charge in [-0.15, -0.1) is 0 Å². The number of benzene rings is 10. The molecule has 0 saturated heterocycles. The fraction of sp³-hybridized carbons (Fsp3) is 0.177. The van der Waals surface area contributed by atoms with Crippen LogP contribution in [0.1, 0.15) is 101 Å². The first-order valence-corrected chi connectivity index (χ1v) is 29.6. The first-order chi connectivity index (χ1) is 40.5. The molecule has 10 aromatic carbocycles. The molecule has 0 radical (unpaired) electrons. The lowest BCUT2D eigenvalue weighted by Crippen LogP contribution is -2.30. The summed E-state index contributed by atoms with van der Waals surface area (Å²) in [6.45, 7) is 21.2. The zero-order valence-electron chi connectivity index (χ0n) is 49.6. The number of nitrogens with zero attached hydrogens (tertiary/aromatic N) is 4. The Morgan fingerprint density at radius 1 is 0.393 bits per heavy atom. The highest BCUT2D eigenvalue weighted by Gasteiger charge is 2.47. The summed E-state index contributed by atoms with van der Waals surface area (Å²) < 4.78 is 9.82. The lowest BCUT2D eigenvalue weighted by Gasteiger charge is -2.36. The van der Waals surface area contributed by atoms with E-state index in [1.165, 1.54) is 72.1 Å². The third-order valence-corrected chi connectivity index (χ3v) is 17.7. The molecule has 5 heteroatoms. The van der Waals surface area contributed by atoms with Crippen molar-refractivity contribution >= 4 is 44.6 Å². The largest absolute Gasteiger partial charge is 0.457 e. The Morgan fingerprint density at radius 2 is 0.964 bits per heavy atom. The van der Waals surface area contributed by atoms with E-state index < -0.39 is 5.41 Å². The zero-order valence-corrected chi connectivity index (χ0v) is 49.6. The molecule has 1 atom stereocenters. The van der Waals surface area contributed by atoms with Crippen LogP contribution in [0.2, 0.25) is 0 Å². The summed E-state index contributed by atoms with van der Waals surface area (Å²) >= 11 is 0. The molecular formula is C79H70N4O. The highest BCUT2D eigenvalue weighted by molar-refractivity contribution is 6.09. The van der Waals surface area contributed by atoms with Gasteiger partial charge in [0.15, 0.2) is 0 Å². The van der Waals surface area contributed by atoms with Gasteiger partial charge in [0.05, 0.1) is 33.5 Å². The van der Waals surface area contributed by atoms with Gasteiger partial charge in [0, 0.05) is 45.9 Å². The molecule has 3 heterocycles. The van der Waals surface area contributed by atoms with Gasteiger partial charge in [-0.3, -0.25) is 4.57 Å². The summed E-state index contributed by atoms with van der Waals surface area (Å²) in [5.41, 5.74) is 21.5. The summed E-state index contributed by atoms with van der Waals surface area (Å²) in [6, 6.07) is 89.8. The lowest BCUT2D eigenvalue weighted by molar-refractivity contribution is 0.482. The van der Waals surface area contributed by atoms with Gasteiger partial charge in [-0.25, -0.2) is 4.98 Å². The highest BCUT2D eigenvalue weighted by atomic mass is 16.5. The predicted molar refractivity (Wildman–Crippen MR) is 351 cm³/mol. The van der Waals surface area contributed by atoms with Crippen molar-refractivity contribution in [3.63, 3.8) is 0 Å². The van der Waals surface area contributed by atoms with Crippen molar-refractivity contribution in [3.05, 3.63) is 288 Å². The van der Waals surface area contributed by atoms with E-state index in [1.54, 1.807) is 0 Å². The summed E-state index contributed by atoms with van der Waals surface area (Å²) in [7, 11) is 0. The van der Waals surface area contributed by atoms with Crippen molar-refractivity contribution in [2.75, 3.05) is 16.5 Å². The van der Waals surface area contributed by atoms with E-state index in [1.807, 2.05) is 6.20 Å².